The molecule has 0 spiro atoms. The van der Waals surface area contributed by atoms with Crippen molar-refractivity contribution in [3.8, 4) is 22.4 Å². The molecular weight excluding hydrogens is 409 g/mol. The summed E-state index contributed by atoms with van der Waals surface area (Å²) in [6, 6.07) is 20.5. The van der Waals surface area contributed by atoms with E-state index in [1.807, 2.05) is 42.5 Å². The predicted molar refractivity (Wildman–Crippen MR) is 154 cm³/mol. The van der Waals surface area contributed by atoms with Gasteiger partial charge in [0.25, 0.3) is 0 Å². The zero-order valence-electron chi connectivity index (χ0n) is 19.2. The third-order valence-electron chi connectivity index (χ3n) is 7.55. The molecule has 1 aromatic heterocycles. The average molecular weight is 421 g/mol. The van der Waals surface area contributed by atoms with Gasteiger partial charge in [-0.25, -0.2) is 0 Å². The van der Waals surface area contributed by atoms with Gasteiger partial charge in [-0.15, -0.1) is 26.1 Å². The molecule has 1 fully saturated rings. The van der Waals surface area contributed by atoms with Crippen molar-refractivity contribution >= 4 is 86.3 Å². The van der Waals surface area contributed by atoms with E-state index in [0.29, 0.717) is 0 Å². The fraction of sp³-hybridized carbons (Fsp3) is 0.261. The van der Waals surface area contributed by atoms with Gasteiger partial charge in [-0.2, -0.15) is 0 Å². The smallest absolute Gasteiger partial charge is 0.0784 e. The third kappa shape index (κ3) is 3.34. The van der Waals surface area contributed by atoms with Crippen molar-refractivity contribution in [1.82, 2.24) is 4.98 Å². The van der Waals surface area contributed by atoms with Gasteiger partial charge >= 0.3 is 0 Å². The van der Waals surface area contributed by atoms with Crippen LogP contribution in [0.15, 0.2) is 72.9 Å². The number of aromatic nitrogens is 1. The van der Waals surface area contributed by atoms with E-state index in [4.69, 9.17) is 86.3 Å². The Hall–Kier alpha value is -1.70. The van der Waals surface area contributed by atoms with Gasteiger partial charge < -0.3 is 0 Å². The van der Waals surface area contributed by atoms with Crippen molar-refractivity contribution in [1.29, 1.82) is 0 Å². The minimum atomic E-state index is -2.30. The van der Waals surface area contributed by atoms with Crippen LogP contribution >= 0.6 is 0 Å². The molecule has 0 N–H and O–H groups in total. The van der Waals surface area contributed by atoms with E-state index in [0.717, 1.165) is 22.4 Å². The van der Waals surface area contributed by atoms with E-state index in [9.17, 15) is 0 Å². The molecule has 35 heavy (non-hydrogen) atoms. The first kappa shape index (κ1) is 26.4. The summed E-state index contributed by atoms with van der Waals surface area (Å²) in [4.78, 5) is 4.55. The predicted octanol–water partition coefficient (Wildman–Crippen LogP) is 1.06. The second-order valence-electron chi connectivity index (χ2n) is 9.53. The topological polar surface area (TPSA) is 12.9 Å². The Labute approximate surface area is 223 Å². The molecule has 12 heteroatoms. The Bertz CT molecular complexity index is 1190. The highest BCUT2D eigenvalue weighted by molar-refractivity contribution is 6.72. The highest BCUT2D eigenvalue weighted by Gasteiger charge is 2.69. The first-order valence-corrected chi connectivity index (χ1v) is 10.8. The van der Waals surface area contributed by atoms with Gasteiger partial charge in [-0.1, -0.05) is 71.5 Å². The minimum Gasteiger partial charge on any atom is -0.256 e. The molecule has 3 aromatic rings. The lowest BCUT2D eigenvalue weighted by molar-refractivity contribution is 0.273. The molecule has 1 saturated carbocycles. The molecule has 22 radical (unpaired) electrons. The maximum Gasteiger partial charge on any atom is 0.0784 e. The first-order valence-electron chi connectivity index (χ1n) is 10.8. The summed E-state index contributed by atoms with van der Waals surface area (Å²) in [5, 5.41) is -13.5. The van der Waals surface area contributed by atoms with Crippen molar-refractivity contribution < 1.29 is 0 Å². The molecule has 1 nitrogen and oxygen atoms in total. The molecule has 0 atom stereocenters. The van der Waals surface area contributed by atoms with Crippen LogP contribution < -0.4 is 0 Å². The number of hydrogen-bond donors (Lipinski definition) is 0. The number of hydrogen-bond acceptors (Lipinski definition) is 1. The molecule has 1 aliphatic carbocycles. The maximum atomic E-state index is 6.74. The molecule has 142 valence electrons. The second kappa shape index (κ2) is 8.16. The largest absolute Gasteiger partial charge is 0.256 e. The van der Waals surface area contributed by atoms with E-state index in [2.05, 4.69) is 4.98 Å². The summed E-state index contributed by atoms with van der Waals surface area (Å²) in [6.07, 6.45) is 1.76. The molecular formula is C23H12B11N. The number of nitrogens with zero attached hydrogens (tertiary/aromatic N) is 1. The van der Waals surface area contributed by atoms with Crippen LogP contribution in [0.5, 0.6) is 0 Å². The molecule has 0 bridgehead atoms. The SMILES string of the molecule is [B]C1([B])C([B])([B])C([B])([B])C([B])(c2ccc(-c3ccc(-c4ccccc4)nc3)cc2)C([B])([B])C1([B])[B]. The minimum absolute atomic E-state index is 0.279. The van der Waals surface area contributed by atoms with Crippen molar-refractivity contribution in [2.45, 2.75) is 31.4 Å². The highest BCUT2D eigenvalue weighted by atomic mass is 14.7. The molecule has 0 amide bonds. The molecule has 0 aliphatic heterocycles. The number of rotatable bonds is 3. The Morgan fingerprint density at radius 1 is 0.429 bits per heavy atom. The van der Waals surface area contributed by atoms with Gasteiger partial charge in [0.05, 0.1) is 92.0 Å². The van der Waals surface area contributed by atoms with Crippen LogP contribution in [0.1, 0.15) is 5.56 Å². The average Bonchev–Trinajstić information content (AvgIpc) is 2.83. The Morgan fingerprint density at radius 2 is 0.886 bits per heavy atom. The van der Waals surface area contributed by atoms with Gasteiger partial charge in [0.15, 0.2) is 0 Å². The van der Waals surface area contributed by atoms with Gasteiger partial charge in [0.2, 0.25) is 0 Å². The van der Waals surface area contributed by atoms with E-state index in [-0.39, 0.29) is 5.56 Å². The van der Waals surface area contributed by atoms with E-state index in [1.54, 1.807) is 30.5 Å². The fourth-order valence-electron chi connectivity index (χ4n) is 4.77. The van der Waals surface area contributed by atoms with Gasteiger partial charge in [0.1, 0.15) is 0 Å². The third-order valence-corrected chi connectivity index (χ3v) is 7.55. The summed E-state index contributed by atoms with van der Waals surface area (Å²) in [6.45, 7) is 0. The lowest BCUT2D eigenvalue weighted by Crippen LogP contribution is -2.70. The quantitative estimate of drug-likeness (QED) is 0.577. The van der Waals surface area contributed by atoms with Crippen LogP contribution in [0.25, 0.3) is 22.4 Å². The number of pyridine rings is 1. The summed E-state index contributed by atoms with van der Waals surface area (Å²) >= 11 is 0. The normalized spacial score (nSPS) is 22.6. The summed E-state index contributed by atoms with van der Waals surface area (Å²) < 4.78 is 0. The zero-order valence-corrected chi connectivity index (χ0v) is 19.2. The second-order valence-corrected chi connectivity index (χ2v) is 9.53. The summed E-state index contributed by atoms with van der Waals surface area (Å²) in [5.41, 5.74) is 3.81. The number of benzene rings is 2. The van der Waals surface area contributed by atoms with E-state index < -0.39 is 31.4 Å². The van der Waals surface area contributed by atoms with Crippen molar-refractivity contribution in [3.05, 3.63) is 78.5 Å². The van der Waals surface area contributed by atoms with Crippen LogP contribution in [0, 0.1) is 0 Å². The van der Waals surface area contributed by atoms with Crippen LogP contribution in [-0.2, 0) is 5.31 Å². The lowest BCUT2D eigenvalue weighted by Gasteiger charge is -2.82. The molecule has 1 heterocycles. The molecule has 1 aliphatic rings. The zero-order chi connectivity index (χ0) is 26.1. The van der Waals surface area contributed by atoms with Gasteiger partial charge in [0, 0.05) is 17.3 Å². The summed E-state index contributed by atoms with van der Waals surface area (Å²) in [5.74, 6) is 0. The molecule has 2 aromatic carbocycles. The van der Waals surface area contributed by atoms with Crippen LogP contribution in [0.4, 0.5) is 0 Å². The maximum absolute atomic E-state index is 6.74. The monoisotopic (exact) mass is 423 g/mol. The van der Waals surface area contributed by atoms with Crippen LogP contribution in [-0.4, -0.2) is 91.3 Å². The Balaban J connectivity index is 1.76. The van der Waals surface area contributed by atoms with Crippen molar-refractivity contribution in [3.63, 3.8) is 0 Å². The van der Waals surface area contributed by atoms with Crippen LogP contribution in [0.2, 0.25) is 26.1 Å². The van der Waals surface area contributed by atoms with E-state index >= 15 is 0 Å². The van der Waals surface area contributed by atoms with Gasteiger partial charge in [-0.05, 0) is 11.6 Å². The Kier molecular flexibility index (Phi) is 6.14. The van der Waals surface area contributed by atoms with Crippen LogP contribution in [0.3, 0.4) is 0 Å². The molecule has 4 rings (SSSR count). The highest BCUT2D eigenvalue weighted by Crippen LogP contribution is 2.83. The first-order chi connectivity index (χ1) is 16.0. The summed E-state index contributed by atoms with van der Waals surface area (Å²) in [7, 11) is 69.7. The fourth-order valence-corrected chi connectivity index (χ4v) is 4.77. The Morgan fingerprint density at radius 3 is 1.34 bits per heavy atom. The van der Waals surface area contributed by atoms with Gasteiger partial charge in [-0.3, -0.25) is 4.98 Å². The van der Waals surface area contributed by atoms with E-state index in [1.165, 1.54) is 0 Å². The molecule has 0 saturated heterocycles. The standard InChI is InChI=1S/C23H12B11N/c24-18(19(25,26)21(29,30)23(33,34)22(31,32)20(18,27)28)16-9-6-13(7-10-16)15-8-11-17(35-12-15)14-4-2-1-3-5-14/h1-12H. The lowest BCUT2D eigenvalue weighted by atomic mass is 8.96. The van der Waals surface area contributed by atoms with Crippen molar-refractivity contribution in [2.24, 2.45) is 0 Å². The van der Waals surface area contributed by atoms with Crippen molar-refractivity contribution in [2.75, 3.05) is 0 Å². The molecule has 0 unspecified atom stereocenters.